The molecule has 2 rings (SSSR count). The van der Waals surface area contributed by atoms with E-state index in [1.165, 1.54) is 25.7 Å². The summed E-state index contributed by atoms with van der Waals surface area (Å²) in [5.41, 5.74) is 22.8. The number of allylic oxidation sites excluding steroid dienone is 2. The van der Waals surface area contributed by atoms with E-state index in [4.69, 9.17) is 22.7 Å². The van der Waals surface area contributed by atoms with Crippen LogP contribution in [0.1, 0.15) is 26.3 Å². The van der Waals surface area contributed by atoms with Crippen LogP contribution in [0.2, 0.25) is 0 Å². The number of ketones is 1. The minimum absolute atomic E-state index is 0. The number of carbonyl (C=O) groups excluding carboxylic acids is 2. The summed E-state index contributed by atoms with van der Waals surface area (Å²) >= 11 is 4.71. The van der Waals surface area contributed by atoms with Crippen LogP contribution in [-0.4, -0.2) is 35.6 Å². The van der Waals surface area contributed by atoms with Gasteiger partial charge in [-0.25, -0.2) is 0 Å². The molecule has 200 valence electrons. The molecule has 0 atom stereocenters. The van der Waals surface area contributed by atoms with E-state index >= 15 is 0 Å². The molecule has 0 unspecified atom stereocenters. The molecule has 10 nitrogen and oxygen atoms in total. The van der Waals surface area contributed by atoms with Crippen molar-refractivity contribution < 1.29 is 27.7 Å². The van der Waals surface area contributed by atoms with Crippen molar-refractivity contribution in [3.63, 3.8) is 0 Å². The number of hydrogen-bond donors (Lipinski definition) is 1. The highest BCUT2D eigenvalue weighted by molar-refractivity contribution is 6.66. The summed E-state index contributed by atoms with van der Waals surface area (Å²) in [4.78, 5) is 28.1. The largest absolute Gasteiger partial charge is 1.00 e. The minimum atomic E-state index is -0.509. The predicted molar refractivity (Wildman–Crippen MR) is 146 cm³/mol. The van der Waals surface area contributed by atoms with Crippen molar-refractivity contribution >= 4 is 39.7 Å². The quantitative estimate of drug-likeness (QED) is 0.166. The fourth-order valence-electron chi connectivity index (χ4n) is 2.29. The van der Waals surface area contributed by atoms with Crippen LogP contribution in [0.4, 0.5) is 17.1 Å². The van der Waals surface area contributed by atoms with Gasteiger partial charge < -0.3 is 23.0 Å². The molecule has 0 saturated carbocycles. The lowest BCUT2D eigenvalue weighted by Gasteiger charge is -2.13. The third-order valence-electron chi connectivity index (χ3n) is 4.30. The number of carbonyl (C=O) groups is 2. The van der Waals surface area contributed by atoms with Gasteiger partial charge in [0, 0.05) is 27.6 Å². The normalized spacial score (nSPS) is 8.49. The first-order chi connectivity index (χ1) is 17.2. The monoisotopic (exact) mass is 548 g/mol. The number of halogens is 2. The Morgan fingerprint density at radius 3 is 1.54 bits per heavy atom. The van der Waals surface area contributed by atoms with Crippen LogP contribution < -0.4 is 18.1 Å². The highest BCUT2D eigenvalue weighted by Gasteiger charge is 1.98. The molecule has 0 aliphatic heterocycles. The van der Waals surface area contributed by atoms with Crippen molar-refractivity contribution in [1.82, 2.24) is 4.90 Å². The van der Waals surface area contributed by atoms with E-state index in [1.807, 2.05) is 0 Å². The number of benzene rings is 2. The SMILES string of the molecule is C=CC(=O)Cc1ccc(N=[N+]=[N-])cc1.C=CC(=O)Cl.CCN(CC)CC.[Cl-].[N-]=[N+]=Nc1ccc([NH3+])cc1. The van der Waals surface area contributed by atoms with Crippen molar-refractivity contribution in [2.75, 3.05) is 19.6 Å². The molecule has 0 saturated heterocycles. The molecule has 0 fully saturated rings. The van der Waals surface area contributed by atoms with E-state index in [2.05, 4.69) is 64.6 Å². The van der Waals surface area contributed by atoms with E-state index < -0.39 is 5.24 Å². The Kier molecular flexibility index (Phi) is 26.1. The standard InChI is InChI=1S/C10H9N3O.C6H6N4.C6H15N.C3H3ClO.ClH/c1-2-10(14)7-8-3-5-9(6-4-8)12-13-11;7-5-1-3-6(4-2-5)9-10-8;1-4-7(5-2)6-3;1-2-3(4)5;/h2-6H,1,7H2;1-4H,7H2;4-6H2,1-3H3;2H,1H2;1H. The zero-order valence-corrected chi connectivity index (χ0v) is 22.9. The second kappa shape index (κ2) is 25.5. The van der Waals surface area contributed by atoms with Gasteiger partial charge in [-0.2, -0.15) is 0 Å². The number of hydrogen-bond acceptors (Lipinski definition) is 5. The van der Waals surface area contributed by atoms with Crippen molar-refractivity contribution in [2.24, 2.45) is 10.2 Å². The lowest BCUT2D eigenvalue weighted by atomic mass is 10.1. The zero-order valence-electron chi connectivity index (χ0n) is 21.4. The van der Waals surface area contributed by atoms with Gasteiger partial charge in [0.15, 0.2) is 5.78 Å². The summed E-state index contributed by atoms with van der Waals surface area (Å²) in [6, 6.07) is 13.9. The Morgan fingerprint density at radius 1 is 0.892 bits per heavy atom. The highest BCUT2D eigenvalue weighted by atomic mass is 35.5. The Labute approximate surface area is 229 Å². The predicted octanol–water partition coefficient (Wildman–Crippen LogP) is 3.72. The maximum Gasteiger partial charge on any atom is 0.244 e. The van der Waals surface area contributed by atoms with Gasteiger partial charge in [-0.15, -0.1) is 0 Å². The molecule has 2 aromatic rings. The first kappa shape index (κ1) is 37.9. The Bertz CT molecular complexity index is 1020. The van der Waals surface area contributed by atoms with Crippen LogP contribution in [0.15, 0.2) is 84.1 Å². The third kappa shape index (κ3) is 22.6. The van der Waals surface area contributed by atoms with E-state index in [1.54, 1.807) is 48.5 Å². The minimum Gasteiger partial charge on any atom is -1.00 e. The van der Waals surface area contributed by atoms with Gasteiger partial charge in [-0.3, -0.25) is 9.59 Å². The van der Waals surface area contributed by atoms with Gasteiger partial charge in [0.2, 0.25) is 5.24 Å². The van der Waals surface area contributed by atoms with E-state index in [-0.39, 0.29) is 18.2 Å². The van der Waals surface area contributed by atoms with Crippen molar-refractivity contribution in [3.05, 3.63) is 100 Å². The summed E-state index contributed by atoms with van der Waals surface area (Å²) in [6.45, 7) is 16.6. The van der Waals surface area contributed by atoms with Gasteiger partial charge in [0.05, 0.1) is 0 Å². The highest BCUT2D eigenvalue weighted by Crippen LogP contribution is 2.14. The number of azide groups is 2. The second-order valence-corrected chi connectivity index (χ2v) is 7.06. The lowest BCUT2D eigenvalue weighted by Crippen LogP contribution is -3.00. The van der Waals surface area contributed by atoms with Crippen LogP contribution in [0, 0.1) is 0 Å². The molecule has 0 amide bonds. The molecule has 0 bridgehead atoms. The molecule has 2 aromatic carbocycles. The summed E-state index contributed by atoms with van der Waals surface area (Å²) in [6.07, 6.45) is 2.67. The van der Waals surface area contributed by atoms with Gasteiger partial charge >= 0.3 is 0 Å². The van der Waals surface area contributed by atoms with Crippen LogP contribution in [0.25, 0.3) is 20.9 Å². The molecular formula is C25H34Cl2N8O2. The molecule has 0 heterocycles. The summed E-state index contributed by atoms with van der Waals surface area (Å²) in [7, 11) is 0. The van der Waals surface area contributed by atoms with Crippen LogP contribution in [-0.2, 0) is 16.0 Å². The summed E-state index contributed by atoms with van der Waals surface area (Å²) < 4.78 is 0. The second-order valence-electron chi connectivity index (χ2n) is 6.69. The molecule has 0 aliphatic carbocycles. The van der Waals surface area contributed by atoms with Crippen molar-refractivity contribution in [1.29, 1.82) is 0 Å². The maximum absolute atomic E-state index is 11.0. The molecule has 12 heteroatoms. The van der Waals surface area contributed by atoms with Crippen LogP contribution in [0.5, 0.6) is 0 Å². The first-order valence-corrected chi connectivity index (χ1v) is 11.4. The average molecular weight is 550 g/mol. The van der Waals surface area contributed by atoms with Crippen LogP contribution >= 0.6 is 11.6 Å². The molecule has 0 radical (unpaired) electrons. The Morgan fingerprint density at radius 2 is 1.27 bits per heavy atom. The van der Waals surface area contributed by atoms with Crippen molar-refractivity contribution in [2.45, 2.75) is 27.2 Å². The fourth-order valence-corrected chi connectivity index (χ4v) is 2.29. The maximum atomic E-state index is 11.0. The summed E-state index contributed by atoms with van der Waals surface area (Å²) in [5.74, 6) is -0.0264. The average Bonchev–Trinajstić information content (AvgIpc) is 2.89. The smallest absolute Gasteiger partial charge is 0.244 e. The number of rotatable bonds is 9. The molecule has 3 N–H and O–H groups in total. The van der Waals surface area contributed by atoms with Crippen molar-refractivity contribution in [3.8, 4) is 0 Å². The molecule has 0 aliphatic rings. The molecule has 37 heavy (non-hydrogen) atoms. The topological polar surface area (TPSA) is 163 Å². The number of quaternary nitrogens is 1. The first-order valence-electron chi connectivity index (χ1n) is 11.0. The van der Waals surface area contributed by atoms with Gasteiger partial charge in [-0.05, 0) is 84.3 Å². The van der Waals surface area contributed by atoms with Gasteiger partial charge in [-0.1, -0.05) is 68.4 Å². The van der Waals surface area contributed by atoms with Crippen LogP contribution in [0.3, 0.4) is 0 Å². The molecular weight excluding hydrogens is 515 g/mol. The Hall–Kier alpha value is -3.62. The number of nitrogens with zero attached hydrogens (tertiary/aromatic N) is 7. The van der Waals surface area contributed by atoms with E-state index in [0.29, 0.717) is 17.8 Å². The third-order valence-corrected chi connectivity index (χ3v) is 4.46. The summed E-state index contributed by atoms with van der Waals surface area (Å²) in [5, 5.41) is 6.31. The fraction of sp³-hybridized carbons (Fsp3) is 0.280. The molecule has 0 spiro atoms. The van der Waals surface area contributed by atoms with E-state index in [0.717, 1.165) is 17.3 Å². The van der Waals surface area contributed by atoms with Gasteiger partial charge in [0.25, 0.3) is 0 Å². The lowest BCUT2D eigenvalue weighted by molar-refractivity contribution is -0.254. The van der Waals surface area contributed by atoms with Gasteiger partial charge in [0.1, 0.15) is 5.69 Å². The Balaban J connectivity index is -0.000000443. The molecule has 0 aromatic heterocycles. The zero-order chi connectivity index (χ0) is 27.8. The van der Waals surface area contributed by atoms with E-state index in [9.17, 15) is 9.59 Å².